The number of aldehydes is 1. The van der Waals surface area contributed by atoms with Crippen molar-refractivity contribution >= 4 is 12.3 Å². The van der Waals surface area contributed by atoms with Gasteiger partial charge in [0.2, 0.25) is 0 Å². The molecule has 5 heteroatoms. The maximum Gasteiger partial charge on any atom is 0.338 e. The Morgan fingerprint density at radius 1 is 1.33 bits per heavy atom. The van der Waals surface area contributed by atoms with Crippen LogP contribution in [-0.4, -0.2) is 40.2 Å². The maximum atomic E-state index is 11.4. The van der Waals surface area contributed by atoms with Crippen LogP contribution in [0, 0.1) is 0 Å². The molecule has 5 nitrogen and oxygen atoms in total. The predicted molar refractivity (Wildman–Crippen MR) is 65.3 cm³/mol. The van der Waals surface area contributed by atoms with E-state index in [1.807, 2.05) is 0 Å². The van der Waals surface area contributed by atoms with Crippen molar-refractivity contribution in [2.75, 3.05) is 27.9 Å². The molecule has 0 saturated carbocycles. The van der Waals surface area contributed by atoms with Crippen LogP contribution in [0.15, 0.2) is 12.1 Å². The molecule has 0 radical (unpaired) electrons. The number of benzene rings is 1. The second-order valence-electron chi connectivity index (χ2n) is 3.66. The Balaban J connectivity index is 0.000000492. The molecule has 0 saturated heterocycles. The minimum atomic E-state index is -0.430. The molecule has 1 aromatic carbocycles. The van der Waals surface area contributed by atoms with Gasteiger partial charge in [-0.2, -0.15) is 0 Å². The first kappa shape index (κ1) is 14.2. The van der Waals surface area contributed by atoms with Gasteiger partial charge in [0, 0.05) is 31.8 Å². The molecule has 18 heavy (non-hydrogen) atoms. The van der Waals surface area contributed by atoms with Gasteiger partial charge in [-0.05, 0) is 12.1 Å². The SMILES string of the molecule is COC.COC(=O)c1cc(C=O)cc2c1CCO2. The van der Waals surface area contributed by atoms with Gasteiger partial charge in [0.05, 0.1) is 19.3 Å². The Morgan fingerprint density at radius 3 is 2.56 bits per heavy atom. The van der Waals surface area contributed by atoms with Crippen LogP contribution < -0.4 is 4.74 Å². The average molecular weight is 252 g/mol. The standard InChI is InChI=1S/C11H10O4.C2H6O/c1-14-11(13)9-4-7(6-12)5-10-8(9)2-3-15-10;1-3-2/h4-6H,2-3H2,1H3;1-2H3. The Kier molecular flexibility index (Phi) is 5.32. The minimum absolute atomic E-state index is 0.426. The van der Waals surface area contributed by atoms with E-state index in [4.69, 9.17) is 4.74 Å². The van der Waals surface area contributed by atoms with Crippen LogP contribution in [0.3, 0.4) is 0 Å². The minimum Gasteiger partial charge on any atom is -0.493 e. The molecule has 0 spiro atoms. The van der Waals surface area contributed by atoms with Gasteiger partial charge in [0.1, 0.15) is 12.0 Å². The summed E-state index contributed by atoms with van der Waals surface area (Å²) in [5.41, 5.74) is 1.68. The number of rotatable bonds is 2. The molecule has 1 aliphatic heterocycles. The van der Waals surface area contributed by atoms with Crippen molar-refractivity contribution in [3.8, 4) is 5.75 Å². The fourth-order valence-corrected chi connectivity index (χ4v) is 1.68. The van der Waals surface area contributed by atoms with Gasteiger partial charge >= 0.3 is 5.97 Å². The number of esters is 1. The Bertz CT molecular complexity index is 439. The van der Waals surface area contributed by atoms with Crippen molar-refractivity contribution in [3.63, 3.8) is 0 Å². The average Bonchev–Trinajstić information content (AvgIpc) is 2.85. The smallest absolute Gasteiger partial charge is 0.338 e. The molecule has 0 N–H and O–H groups in total. The lowest BCUT2D eigenvalue weighted by Crippen LogP contribution is -2.05. The molecule has 0 unspecified atom stereocenters. The van der Waals surface area contributed by atoms with Gasteiger partial charge in [-0.25, -0.2) is 4.79 Å². The fraction of sp³-hybridized carbons (Fsp3) is 0.385. The molecule has 1 aliphatic rings. The van der Waals surface area contributed by atoms with Crippen molar-refractivity contribution in [1.29, 1.82) is 0 Å². The summed E-state index contributed by atoms with van der Waals surface area (Å²) >= 11 is 0. The molecule has 2 rings (SSSR count). The largest absolute Gasteiger partial charge is 0.493 e. The topological polar surface area (TPSA) is 61.8 Å². The Labute approximate surface area is 106 Å². The third kappa shape index (κ3) is 3.07. The van der Waals surface area contributed by atoms with Crippen LogP contribution in [0.1, 0.15) is 26.3 Å². The van der Waals surface area contributed by atoms with Crippen LogP contribution in [-0.2, 0) is 15.9 Å². The number of carbonyl (C=O) groups excluding carboxylic acids is 2. The normalized spacial score (nSPS) is 11.7. The van der Waals surface area contributed by atoms with Crippen LogP contribution in [0.25, 0.3) is 0 Å². The van der Waals surface area contributed by atoms with Gasteiger partial charge in [-0.3, -0.25) is 4.79 Å². The van der Waals surface area contributed by atoms with Gasteiger partial charge in [0.25, 0.3) is 0 Å². The highest BCUT2D eigenvalue weighted by atomic mass is 16.5. The van der Waals surface area contributed by atoms with Gasteiger partial charge in [0.15, 0.2) is 0 Å². The molecule has 0 amide bonds. The van der Waals surface area contributed by atoms with E-state index in [1.54, 1.807) is 20.3 Å². The number of carbonyl (C=O) groups is 2. The molecule has 0 aromatic heterocycles. The molecule has 0 aliphatic carbocycles. The lowest BCUT2D eigenvalue weighted by atomic mass is 10.0. The lowest BCUT2D eigenvalue weighted by molar-refractivity contribution is 0.0599. The molecular formula is C13H16O5. The molecule has 1 aromatic rings. The van der Waals surface area contributed by atoms with Crippen molar-refractivity contribution in [3.05, 3.63) is 28.8 Å². The van der Waals surface area contributed by atoms with Crippen LogP contribution in [0.2, 0.25) is 0 Å². The quantitative estimate of drug-likeness (QED) is 0.589. The summed E-state index contributed by atoms with van der Waals surface area (Å²) in [6.07, 6.45) is 1.37. The summed E-state index contributed by atoms with van der Waals surface area (Å²) in [6.45, 7) is 0.543. The molecule has 0 bridgehead atoms. The molecule has 1 heterocycles. The molecular weight excluding hydrogens is 236 g/mol. The van der Waals surface area contributed by atoms with E-state index in [0.717, 1.165) is 5.56 Å². The van der Waals surface area contributed by atoms with Crippen molar-refractivity contribution in [2.24, 2.45) is 0 Å². The second kappa shape index (κ2) is 6.76. The van der Waals surface area contributed by atoms with E-state index in [1.165, 1.54) is 13.2 Å². The van der Waals surface area contributed by atoms with E-state index >= 15 is 0 Å². The van der Waals surface area contributed by atoms with Crippen LogP contribution in [0.4, 0.5) is 0 Å². The summed E-state index contributed by atoms with van der Waals surface area (Å²) in [4.78, 5) is 22.1. The van der Waals surface area contributed by atoms with E-state index < -0.39 is 5.97 Å². The highest BCUT2D eigenvalue weighted by molar-refractivity contribution is 5.94. The molecule has 0 atom stereocenters. The van der Waals surface area contributed by atoms with E-state index in [0.29, 0.717) is 36.2 Å². The van der Waals surface area contributed by atoms with Gasteiger partial charge < -0.3 is 14.2 Å². The zero-order valence-electron chi connectivity index (χ0n) is 10.7. The predicted octanol–water partition coefficient (Wildman–Crippen LogP) is 1.48. The summed E-state index contributed by atoms with van der Waals surface area (Å²) in [5.74, 6) is 0.181. The van der Waals surface area contributed by atoms with Crippen molar-refractivity contribution in [1.82, 2.24) is 0 Å². The fourth-order valence-electron chi connectivity index (χ4n) is 1.68. The highest BCUT2D eigenvalue weighted by Crippen LogP contribution is 2.30. The number of fused-ring (bicyclic) bond motifs is 1. The van der Waals surface area contributed by atoms with E-state index in [2.05, 4.69) is 9.47 Å². The third-order valence-electron chi connectivity index (χ3n) is 2.38. The maximum absolute atomic E-state index is 11.4. The third-order valence-corrected chi connectivity index (χ3v) is 2.38. The Hall–Kier alpha value is -1.88. The zero-order valence-corrected chi connectivity index (χ0v) is 10.7. The first-order chi connectivity index (χ1) is 8.67. The van der Waals surface area contributed by atoms with E-state index in [-0.39, 0.29) is 0 Å². The Morgan fingerprint density at radius 2 is 2.00 bits per heavy atom. The lowest BCUT2D eigenvalue weighted by Gasteiger charge is -2.06. The molecule has 0 fully saturated rings. The van der Waals surface area contributed by atoms with Crippen molar-refractivity contribution in [2.45, 2.75) is 6.42 Å². The van der Waals surface area contributed by atoms with Crippen LogP contribution in [0.5, 0.6) is 5.75 Å². The second-order valence-corrected chi connectivity index (χ2v) is 3.66. The highest BCUT2D eigenvalue weighted by Gasteiger charge is 2.22. The number of hydrogen-bond donors (Lipinski definition) is 0. The monoisotopic (exact) mass is 252 g/mol. The van der Waals surface area contributed by atoms with E-state index in [9.17, 15) is 9.59 Å². The summed E-state index contributed by atoms with van der Waals surface area (Å²) in [5, 5.41) is 0. The first-order valence-corrected chi connectivity index (χ1v) is 5.41. The summed E-state index contributed by atoms with van der Waals surface area (Å²) in [7, 11) is 4.57. The summed E-state index contributed by atoms with van der Waals surface area (Å²) < 4.78 is 14.2. The first-order valence-electron chi connectivity index (χ1n) is 5.41. The number of methoxy groups -OCH3 is 2. The molecule has 98 valence electrons. The van der Waals surface area contributed by atoms with Crippen LogP contribution >= 0.6 is 0 Å². The number of hydrogen-bond acceptors (Lipinski definition) is 5. The summed E-state index contributed by atoms with van der Waals surface area (Å²) in [6, 6.07) is 3.17. The zero-order chi connectivity index (χ0) is 13.5. The number of ether oxygens (including phenoxy) is 3. The van der Waals surface area contributed by atoms with Crippen molar-refractivity contribution < 1.29 is 23.8 Å². The van der Waals surface area contributed by atoms with Gasteiger partial charge in [-0.1, -0.05) is 0 Å². The van der Waals surface area contributed by atoms with Gasteiger partial charge in [-0.15, -0.1) is 0 Å².